The molecule has 2 aromatic rings. The van der Waals surface area contributed by atoms with Gasteiger partial charge in [0, 0.05) is 24.6 Å². The molecule has 7 nitrogen and oxygen atoms in total. The number of ether oxygens (including phenoxy) is 1. The summed E-state index contributed by atoms with van der Waals surface area (Å²) in [7, 11) is 0. The normalized spacial score (nSPS) is 15.7. The van der Waals surface area contributed by atoms with Crippen molar-refractivity contribution in [3.05, 3.63) is 71.3 Å². The minimum Gasteiger partial charge on any atom is -0.478 e. The maximum atomic E-state index is 13.1. The van der Waals surface area contributed by atoms with Gasteiger partial charge in [0.15, 0.2) is 0 Å². The number of carboxylic acids is 1. The van der Waals surface area contributed by atoms with Gasteiger partial charge >= 0.3 is 12.1 Å². The Bertz CT molecular complexity index is 1060. The van der Waals surface area contributed by atoms with E-state index in [1.807, 2.05) is 31.2 Å². The summed E-state index contributed by atoms with van der Waals surface area (Å²) in [6.45, 7) is 2.77. The molecule has 0 saturated carbocycles. The van der Waals surface area contributed by atoms with Gasteiger partial charge < -0.3 is 20.1 Å². The lowest BCUT2D eigenvalue weighted by molar-refractivity contribution is -0.135. The summed E-state index contributed by atoms with van der Waals surface area (Å²) in [5.41, 5.74) is 4.89. The van der Waals surface area contributed by atoms with E-state index in [0.29, 0.717) is 25.0 Å². The average Bonchev–Trinajstić information content (AvgIpc) is 3.18. The Morgan fingerprint density at radius 2 is 1.74 bits per heavy atom. The first-order valence-corrected chi connectivity index (χ1v) is 11.8. The van der Waals surface area contributed by atoms with Crippen molar-refractivity contribution in [1.82, 2.24) is 10.2 Å². The van der Waals surface area contributed by atoms with E-state index in [0.717, 1.165) is 35.1 Å². The fourth-order valence-electron chi connectivity index (χ4n) is 4.73. The van der Waals surface area contributed by atoms with Crippen molar-refractivity contribution in [3.63, 3.8) is 0 Å². The largest absolute Gasteiger partial charge is 0.478 e. The summed E-state index contributed by atoms with van der Waals surface area (Å²) in [6.07, 6.45) is 3.42. The Morgan fingerprint density at radius 3 is 2.29 bits per heavy atom. The van der Waals surface area contributed by atoms with Crippen LogP contribution in [0, 0.1) is 0 Å². The number of hydrogen-bond donors (Lipinski definition) is 2. The lowest BCUT2D eigenvalue weighted by atomic mass is 9.98. The zero-order valence-corrected chi connectivity index (χ0v) is 19.3. The molecule has 1 aliphatic heterocycles. The van der Waals surface area contributed by atoms with Crippen LogP contribution in [0.2, 0.25) is 0 Å². The molecule has 0 unspecified atom stereocenters. The molecule has 2 aromatic carbocycles. The van der Waals surface area contributed by atoms with Crippen LogP contribution in [0.4, 0.5) is 4.79 Å². The molecular formula is C27H30N2O5. The van der Waals surface area contributed by atoms with E-state index in [2.05, 4.69) is 29.6 Å². The van der Waals surface area contributed by atoms with Crippen molar-refractivity contribution in [2.75, 3.05) is 19.7 Å². The lowest BCUT2D eigenvalue weighted by Crippen LogP contribution is -2.50. The number of carbonyl (C=O) groups is 3. The fourth-order valence-corrected chi connectivity index (χ4v) is 4.73. The predicted octanol–water partition coefficient (Wildman–Crippen LogP) is 4.33. The van der Waals surface area contributed by atoms with Crippen molar-refractivity contribution in [3.8, 4) is 11.1 Å². The number of rotatable bonds is 8. The van der Waals surface area contributed by atoms with E-state index < -0.39 is 18.1 Å². The summed E-state index contributed by atoms with van der Waals surface area (Å²) >= 11 is 0. The van der Waals surface area contributed by atoms with Gasteiger partial charge in [-0.25, -0.2) is 9.59 Å². The molecule has 1 aliphatic carbocycles. The van der Waals surface area contributed by atoms with E-state index in [4.69, 9.17) is 9.84 Å². The van der Waals surface area contributed by atoms with Crippen LogP contribution in [0.25, 0.3) is 11.1 Å². The van der Waals surface area contributed by atoms with Gasteiger partial charge in [-0.05, 0) is 35.1 Å². The lowest BCUT2D eigenvalue weighted by Gasteiger charge is -2.29. The van der Waals surface area contributed by atoms with Crippen LogP contribution < -0.4 is 5.32 Å². The van der Waals surface area contributed by atoms with Crippen molar-refractivity contribution in [1.29, 1.82) is 0 Å². The number of carboxylic acid groups (broad SMARTS) is 1. The molecule has 178 valence electrons. The van der Waals surface area contributed by atoms with Gasteiger partial charge in [-0.3, -0.25) is 4.79 Å². The number of hydrogen-bond acceptors (Lipinski definition) is 4. The third-order valence-electron chi connectivity index (χ3n) is 6.58. The zero-order chi connectivity index (χ0) is 24.1. The van der Waals surface area contributed by atoms with E-state index in [1.165, 1.54) is 0 Å². The molecule has 7 heteroatoms. The molecule has 0 fully saturated rings. The minimum atomic E-state index is -0.952. The van der Waals surface area contributed by atoms with E-state index >= 15 is 0 Å². The third kappa shape index (κ3) is 4.98. The van der Waals surface area contributed by atoms with E-state index in [-0.39, 0.29) is 25.0 Å². The topological polar surface area (TPSA) is 95.9 Å². The van der Waals surface area contributed by atoms with Gasteiger partial charge in [-0.1, -0.05) is 74.4 Å². The number of aliphatic carboxylic acids is 1. The summed E-state index contributed by atoms with van der Waals surface area (Å²) in [5.74, 6) is -1.21. The Labute approximate surface area is 199 Å². The van der Waals surface area contributed by atoms with Gasteiger partial charge in [0.05, 0.1) is 0 Å². The number of nitrogens with one attached hydrogen (secondary N) is 1. The summed E-state index contributed by atoms with van der Waals surface area (Å²) in [4.78, 5) is 38.6. The molecule has 2 amide bonds. The molecule has 1 heterocycles. The van der Waals surface area contributed by atoms with Crippen molar-refractivity contribution >= 4 is 18.0 Å². The second-order valence-electron chi connectivity index (χ2n) is 8.73. The van der Waals surface area contributed by atoms with Crippen molar-refractivity contribution in [2.24, 2.45) is 0 Å². The minimum absolute atomic E-state index is 0.0513. The van der Waals surface area contributed by atoms with Crippen molar-refractivity contribution < 1.29 is 24.2 Å². The van der Waals surface area contributed by atoms with E-state index in [1.54, 1.807) is 11.0 Å². The molecule has 0 bridgehead atoms. The summed E-state index contributed by atoms with van der Waals surface area (Å²) in [6, 6.07) is 15.6. The molecular weight excluding hydrogens is 432 g/mol. The smallest absolute Gasteiger partial charge is 0.407 e. The number of carbonyl (C=O) groups excluding carboxylic acids is 2. The molecule has 2 N–H and O–H groups in total. The van der Waals surface area contributed by atoms with Crippen LogP contribution in [0.15, 0.2) is 60.2 Å². The van der Waals surface area contributed by atoms with Gasteiger partial charge in [0.25, 0.3) is 0 Å². The first kappa shape index (κ1) is 23.5. The first-order valence-electron chi connectivity index (χ1n) is 11.8. The SMILES string of the molecule is CCCC[C@H](NC(=O)OCC1c2ccccc2-c2ccccc21)C(=O)N1CC=C(C(=O)O)CC1. The summed E-state index contributed by atoms with van der Waals surface area (Å²) < 4.78 is 5.63. The Morgan fingerprint density at radius 1 is 1.09 bits per heavy atom. The Kier molecular flexibility index (Phi) is 7.30. The highest BCUT2D eigenvalue weighted by atomic mass is 16.5. The molecule has 0 aromatic heterocycles. The maximum absolute atomic E-state index is 13.1. The number of alkyl carbamates (subject to hydrolysis) is 1. The molecule has 1 atom stereocenters. The highest BCUT2D eigenvalue weighted by Crippen LogP contribution is 2.44. The highest BCUT2D eigenvalue weighted by molar-refractivity contribution is 5.89. The molecule has 2 aliphatic rings. The van der Waals surface area contributed by atoms with Gasteiger partial charge in [0.1, 0.15) is 12.6 Å². The van der Waals surface area contributed by atoms with Crippen molar-refractivity contribution in [2.45, 2.75) is 44.6 Å². The quantitative estimate of drug-likeness (QED) is 0.609. The van der Waals surface area contributed by atoms with Crippen LogP contribution >= 0.6 is 0 Å². The van der Waals surface area contributed by atoms with E-state index in [9.17, 15) is 14.4 Å². The van der Waals surface area contributed by atoms with Crippen LogP contribution in [0.1, 0.15) is 49.7 Å². The Hall–Kier alpha value is -3.61. The standard InChI is InChI=1S/C27H30N2O5/c1-2-3-12-24(25(30)29-15-13-18(14-16-29)26(31)32)28-27(33)34-17-23-21-10-6-4-8-19(21)20-9-5-7-11-22(20)23/h4-11,13,23-24H,2-3,12,14-17H2,1H3,(H,28,33)(H,31,32)/t24-/m0/s1. The van der Waals surface area contributed by atoms with Crippen LogP contribution in [0.5, 0.6) is 0 Å². The molecule has 34 heavy (non-hydrogen) atoms. The Balaban J connectivity index is 1.40. The maximum Gasteiger partial charge on any atom is 0.407 e. The summed E-state index contributed by atoms with van der Waals surface area (Å²) in [5, 5.41) is 11.9. The number of unbranched alkanes of at least 4 members (excludes halogenated alkanes) is 1. The third-order valence-corrected chi connectivity index (χ3v) is 6.58. The predicted molar refractivity (Wildman–Crippen MR) is 128 cm³/mol. The van der Waals surface area contributed by atoms with Crippen LogP contribution in [0.3, 0.4) is 0 Å². The molecule has 4 rings (SSSR count). The van der Waals surface area contributed by atoms with Crippen LogP contribution in [-0.2, 0) is 14.3 Å². The highest BCUT2D eigenvalue weighted by Gasteiger charge is 2.31. The second kappa shape index (κ2) is 10.5. The molecule has 0 radical (unpaired) electrons. The number of fused-ring (bicyclic) bond motifs is 3. The average molecular weight is 463 g/mol. The van der Waals surface area contributed by atoms with Gasteiger partial charge in [-0.2, -0.15) is 0 Å². The molecule has 0 saturated heterocycles. The monoisotopic (exact) mass is 462 g/mol. The second-order valence-corrected chi connectivity index (χ2v) is 8.73. The van der Waals surface area contributed by atoms with Gasteiger partial charge in [-0.15, -0.1) is 0 Å². The fraction of sp³-hybridized carbons (Fsp3) is 0.370. The number of amides is 2. The number of benzene rings is 2. The number of nitrogens with zero attached hydrogens (tertiary/aromatic N) is 1. The van der Waals surface area contributed by atoms with Gasteiger partial charge in [0.2, 0.25) is 5.91 Å². The molecule has 0 spiro atoms. The van der Waals surface area contributed by atoms with Crippen LogP contribution in [-0.4, -0.2) is 53.7 Å². The first-order chi connectivity index (χ1) is 16.5. The zero-order valence-electron chi connectivity index (χ0n) is 19.3.